The number of carbonyl (C=O) groups is 1. The Hall–Kier alpha value is -2.73. The van der Waals surface area contributed by atoms with E-state index >= 15 is 0 Å². The molecule has 2 aromatic rings. The van der Waals surface area contributed by atoms with Crippen LogP contribution in [0.2, 0.25) is 0 Å². The zero-order valence-corrected chi connectivity index (χ0v) is 17.4. The van der Waals surface area contributed by atoms with Crippen LogP contribution in [0.15, 0.2) is 36.4 Å². The fourth-order valence-electron chi connectivity index (χ4n) is 2.94. The fourth-order valence-corrected chi connectivity index (χ4v) is 2.94. The van der Waals surface area contributed by atoms with Gasteiger partial charge in [0.25, 0.3) is 0 Å². The van der Waals surface area contributed by atoms with Crippen LogP contribution in [0.1, 0.15) is 25.0 Å². The number of amides is 1. The fraction of sp³-hybridized carbons (Fsp3) is 0.409. The van der Waals surface area contributed by atoms with Crippen LogP contribution >= 0.6 is 0 Å². The maximum Gasteiger partial charge on any atom is 0.238 e. The molecule has 0 aliphatic heterocycles. The van der Waals surface area contributed by atoms with Gasteiger partial charge in [0.15, 0.2) is 11.5 Å². The number of hydrogen-bond acceptors (Lipinski definition) is 5. The molecule has 1 amide bonds. The zero-order valence-electron chi connectivity index (χ0n) is 17.4. The summed E-state index contributed by atoms with van der Waals surface area (Å²) in [7, 11) is 3.22. The minimum Gasteiger partial charge on any atom is -0.495 e. The SMILES string of the molecule is CCOc1ccc(CN(CC)CC(=O)Nc2cc(C)ccc2OC)cc1OC. The van der Waals surface area contributed by atoms with E-state index in [1.807, 2.05) is 57.2 Å². The Labute approximate surface area is 167 Å². The average molecular weight is 386 g/mol. The van der Waals surface area contributed by atoms with Crippen molar-refractivity contribution in [2.24, 2.45) is 0 Å². The van der Waals surface area contributed by atoms with Crippen molar-refractivity contribution in [3.05, 3.63) is 47.5 Å². The Balaban J connectivity index is 2.04. The maximum absolute atomic E-state index is 12.6. The molecule has 0 aliphatic rings. The third-order valence-electron chi connectivity index (χ3n) is 4.38. The molecule has 0 saturated carbocycles. The first-order valence-corrected chi connectivity index (χ1v) is 9.47. The summed E-state index contributed by atoms with van der Waals surface area (Å²) in [5.41, 5.74) is 2.80. The molecule has 0 fully saturated rings. The van der Waals surface area contributed by atoms with E-state index < -0.39 is 0 Å². The molecular formula is C22H30N2O4. The van der Waals surface area contributed by atoms with E-state index in [0.29, 0.717) is 30.3 Å². The van der Waals surface area contributed by atoms with Crippen molar-refractivity contribution in [1.29, 1.82) is 0 Å². The lowest BCUT2D eigenvalue weighted by atomic mass is 10.2. The highest BCUT2D eigenvalue weighted by molar-refractivity contribution is 5.93. The standard InChI is InChI=1S/C22H30N2O4/c1-6-24(14-17-9-11-20(28-7-2)21(13-17)27-5)15-22(25)23-18-12-16(3)8-10-19(18)26-4/h8-13H,6-7,14-15H2,1-5H3,(H,23,25). The van der Waals surface area contributed by atoms with Gasteiger partial charge >= 0.3 is 0 Å². The first kappa shape index (κ1) is 21.6. The van der Waals surface area contributed by atoms with Crippen LogP contribution in [0.25, 0.3) is 0 Å². The van der Waals surface area contributed by atoms with E-state index in [-0.39, 0.29) is 12.5 Å². The highest BCUT2D eigenvalue weighted by Gasteiger charge is 2.14. The summed E-state index contributed by atoms with van der Waals surface area (Å²) >= 11 is 0. The summed E-state index contributed by atoms with van der Waals surface area (Å²) < 4.78 is 16.3. The second-order valence-corrected chi connectivity index (χ2v) is 6.47. The molecule has 0 heterocycles. The van der Waals surface area contributed by atoms with E-state index in [2.05, 4.69) is 10.2 Å². The van der Waals surface area contributed by atoms with Gasteiger partial charge in [-0.25, -0.2) is 0 Å². The van der Waals surface area contributed by atoms with Gasteiger partial charge in [-0.15, -0.1) is 0 Å². The minimum absolute atomic E-state index is 0.0800. The van der Waals surface area contributed by atoms with Crippen molar-refractivity contribution in [3.63, 3.8) is 0 Å². The lowest BCUT2D eigenvalue weighted by molar-refractivity contribution is -0.117. The number of rotatable bonds is 10. The molecule has 28 heavy (non-hydrogen) atoms. The Morgan fingerprint density at radius 3 is 2.36 bits per heavy atom. The number of likely N-dealkylation sites (N-methyl/N-ethyl adjacent to an activating group) is 1. The van der Waals surface area contributed by atoms with Crippen LogP contribution in [0.3, 0.4) is 0 Å². The third kappa shape index (κ3) is 5.89. The number of carbonyl (C=O) groups excluding carboxylic acids is 1. The Morgan fingerprint density at radius 1 is 1.00 bits per heavy atom. The van der Waals surface area contributed by atoms with Crippen LogP contribution in [0, 0.1) is 6.92 Å². The van der Waals surface area contributed by atoms with Gasteiger partial charge in [0.1, 0.15) is 5.75 Å². The van der Waals surface area contributed by atoms with Gasteiger partial charge in [0.05, 0.1) is 33.1 Å². The van der Waals surface area contributed by atoms with Crippen molar-refractivity contribution >= 4 is 11.6 Å². The number of nitrogens with one attached hydrogen (secondary N) is 1. The second-order valence-electron chi connectivity index (χ2n) is 6.47. The molecular weight excluding hydrogens is 356 g/mol. The van der Waals surface area contributed by atoms with E-state index in [1.165, 1.54) is 0 Å². The van der Waals surface area contributed by atoms with Crippen LogP contribution in [-0.2, 0) is 11.3 Å². The predicted molar refractivity (Wildman–Crippen MR) is 111 cm³/mol. The van der Waals surface area contributed by atoms with Crippen LogP contribution in [0.5, 0.6) is 17.2 Å². The van der Waals surface area contributed by atoms with Gasteiger partial charge in [0, 0.05) is 6.54 Å². The summed E-state index contributed by atoms with van der Waals surface area (Å²) in [6.45, 7) is 8.20. The van der Waals surface area contributed by atoms with Gasteiger partial charge < -0.3 is 19.5 Å². The smallest absolute Gasteiger partial charge is 0.238 e. The lowest BCUT2D eigenvalue weighted by Gasteiger charge is -2.21. The summed E-state index contributed by atoms with van der Waals surface area (Å²) in [5, 5.41) is 2.95. The monoisotopic (exact) mass is 386 g/mol. The van der Waals surface area contributed by atoms with Gasteiger partial charge in [0.2, 0.25) is 5.91 Å². The number of hydrogen-bond donors (Lipinski definition) is 1. The molecule has 152 valence electrons. The third-order valence-corrected chi connectivity index (χ3v) is 4.38. The minimum atomic E-state index is -0.0800. The Morgan fingerprint density at radius 2 is 1.71 bits per heavy atom. The summed E-state index contributed by atoms with van der Waals surface area (Å²) in [5.74, 6) is 1.99. The molecule has 2 rings (SSSR count). The summed E-state index contributed by atoms with van der Waals surface area (Å²) in [6.07, 6.45) is 0. The first-order chi connectivity index (χ1) is 13.5. The van der Waals surface area contributed by atoms with Gasteiger partial charge in [-0.05, 0) is 55.8 Å². The maximum atomic E-state index is 12.6. The topological polar surface area (TPSA) is 60.0 Å². The van der Waals surface area contributed by atoms with E-state index in [1.54, 1.807) is 14.2 Å². The van der Waals surface area contributed by atoms with Gasteiger partial charge in [-0.2, -0.15) is 0 Å². The lowest BCUT2D eigenvalue weighted by Crippen LogP contribution is -2.32. The number of ether oxygens (including phenoxy) is 3. The van der Waals surface area contributed by atoms with Crippen LogP contribution in [-0.4, -0.2) is 44.7 Å². The molecule has 1 N–H and O–H groups in total. The molecule has 0 aliphatic carbocycles. The molecule has 6 heteroatoms. The quantitative estimate of drug-likeness (QED) is 0.672. The number of methoxy groups -OCH3 is 2. The molecule has 6 nitrogen and oxygen atoms in total. The Bertz CT molecular complexity index is 792. The highest BCUT2D eigenvalue weighted by atomic mass is 16.5. The molecule has 0 bridgehead atoms. The normalized spacial score (nSPS) is 10.6. The highest BCUT2D eigenvalue weighted by Crippen LogP contribution is 2.29. The Kier molecular flexibility index (Phi) is 8.14. The van der Waals surface area contributed by atoms with Crippen molar-refractivity contribution in [1.82, 2.24) is 4.90 Å². The van der Waals surface area contributed by atoms with Crippen molar-refractivity contribution < 1.29 is 19.0 Å². The van der Waals surface area contributed by atoms with Crippen molar-refractivity contribution in [2.45, 2.75) is 27.3 Å². The van der Waals surface area contributed by atoms with E-state index in [9.17, 15) is 4.79 Å². The number of anilines is 1. The van der Waals surface area contributed by atoms with E-state index in [0.717, 1.165) is 23.4 Å². The predicted octanol–water partition coefficient (Wildman–Crippen LogP) is 3.87. The average Bonchev–Trinajstić information content (AvgIpc) is 2.68. The van der Waals surface area contributed by atoms with Crippen molar-refractivity contribution in [3.8, 4) is 17.2 Å². The number of aryl methyl sites for hydroxylation is 1. The zero-order chi connectivity index (χ0) is 20.5. The van der Waals surface area contributed by atoms with E-state index in [4.69, 9.17) is 14.2 Å². The summed E-state index contributed by atoms with van der Waals surface area (Å²) in [6, 6.07) is 11.6. The van der Waals surface area contributed by atoms with Crippen molar-refractivity contribution in [2.75, 3.05) is 39.2 Å². The molecule has 0 spiro atoms. The largest absolute Gasteiger partial charge is 0.495 e. The second kappa shape index (κ2) is 10.6. The molecule has 0 atom stereocenters. The first-order valence-electron chi connectivity index (χ1n) is 9.47. The molecule has 0 aromatic heterocycles. The van der Waals surface area contributed by atoms with Crippen LogP contribution in [0.4, 0.5) is 5.69 Å². The summed E-state index contributed by atoms with van der Waals surface area (Å²) in [4.78, 5) is 14.6. The molecule has 0 unspecified atom stereocenters. The number of nitrogens with zero attached hydrogens (tertiary/aromatic N) is 1. The molecule has 2 aromatic carbocycles. The van der Waals surface area contributed by atoms with Gasteiger partial charge in [-0.1, -0.05) is 19.1 Å². The number of benzene rings is 2. The molecule has 0 radical (unpaired) electrons. The van der Waals surface area contributed by atoms with Crippen LogP contribution < -0.4 is 19.5 Å². The molecule has 0 saturated heterocycles. The van der Waals surface area contributed by atoms with Gasteiger partial charge in [-0.3, -0.25) is 9.69 Å².